The predicted octanol–water partition coefficient (Wildman–Crippen LogP) is 2.82. The number of nitrogen functional groups attached to an aromatic ring is 1. The van der Waals surface area contributed by atoms with Crippen LogP contribution < -0.4 is 16.2 Å². The molecule has 4 nitrogen and oxygen atoms in total. The predicted molar refractivity (Wildman–Crippen MR) is 78.6 cm³/mol. The second-order valence-corrected chi connectivity index (χ2v) is 4.14. The molecule has 1 aromatic rings. The highest BCUT2D eigenvalue weighted by Gasteiger charge is 1.94. The minimum absolute atomic E-state index is 0.488. The van der Waals surface area contributed by atoms with Crippen LogP contribution in [0.15, 0.2) is 47.9 Å². The van der Waals surface area contributed by atoms with Gasteiger partial charge in [0.25, 0.3) is 0 Å². The fourth-order valence-corrected chi connectivity index (χ4v) is 1.32. The summed E-state index contributed by atoms with van der Waals surface area (Å²) in [6.45, 7) is 4.88. The van der Waals surface area contributed by atoms with E-state index in [1.165, 1.54) is 0 Å². The molecule has 4 N–H and O–H groups in total. The van der Waals surface area contributed by atoms with Crippen LogP contribution in [0.25, 0.3) is 0 Å². The Bertz CT molecular complexity index is 436. The summed E-state index contributed by atoms with van der Waals surface area (Å²) in [5.74, 6) is 1.60. The van der Waals surface area contributed by atoms with Crippen molar-refractivity contribution in [1.29, 1.82) is 0 Å². The SMILES string of the molecule is CC/C(N)=C\C=C(/C)OCCOc1ccc(N)cc1. The molecule has 0 aromatic heterocycles. The summed E-state index contributed by atoms with van der Waals surface area (Å²) < 4.78 is 11.0. The molecule has 0 saturated carbocycles. The lowest BCUT2D eigenvalue weighted by atomic mass is 10.3. The Kier molecular flexibility index (Phi) is 6.36. The van der Waals surface area contributed by atoms with E-state index in [0.29, 0.717) is 13.2 Å². The van der Waals surface area contributed by atoms with E-state index in [1.54, 1.807) is 12.1 Å². The third-order valence-electron chi connectivity index (χ3n) is 2.50. The first kappa shape index (κ1) is 15.0. The van der Waals surface area contributed by atoms with Crippen molar-refractivity contribution in [3.63, 3.8) is 0 Å². The molecule has 4 heteroatoms. The highest BCUT2D eigenvalue weighted by molar-refractivity contribution is 5.41. The molecule has 19 heavy (non-hydrogen) atoms. The minimum atomic E-state index is 0.488. The van der Waals surface area contributed by atoms with Gasteiger partial charge in [-0.15, -0.1) is 0 Å². The van der Waals surface area contributed by atoms with Crippen molar-refractivity contribution in [2.45, 2.75) is 20.3 Å². The Morgan fingerprint density at radius 3 is 2.47 bits per heavy atom. The van der Waals surface area contributed by atoms with Crippen molar-refractivity contribution in [2.75, 3.05) is 18.9 Å². The van der Waals surface area contributed by atoms with Crippen LogP contribution in [-0.4, -0.2) is 13.2 Å². The van der Waals surface area contributed by atoms with Gasteiger partial charge in [0, 0.05) is 11.4 Å². The van der Waals surface area contributed by atoms with Crippen molar-refractivity contribution >= 4 is 5.69 Å². The van der Waals surface area contributed by atoms with Crippen LogP contribution in [0.3, 0.4) is 0 Å². The van der Waals surface area contributed by atoms with E-state index < -0.39 is 0 Å². The van der Waals surface area contributed by atoms with Gasteiger partial charge in [-0.2, -0.15) is 0 Å². The summed E-state index contributed by atoms with van der Waals surface area (Å²) in [5.41, 5.74) is 12.8. The third-order valence-corrected chi connectivity index (χ3v) is 2.50. The molecule has 0 atom stereocenters. The summed E-state index contributed by atoms with van der Waals surface area (Å²) in [4.78, 5) is 0. The molecular weight excluding hydrogens is 240 g/mol. The maximum absolute atomic E-state index is 5.69. The second-order valence-electron chi connectivity index (χ2n) is 4.14. The average Bonchev–Trinajstić information content (AvgIpc) is 2.42. The number of hydrogen-bond donors (Lipinski definition) is 2. The van der Waals surface area contributed by atoms with Gasteiger partial charge in [-0.3, -0.25) is 0 Å². The zero-order chi connectivity index (χ0) is 14.1. The first-order chi connectivity index (χ1) is 9.11. The first-order valence-electron chi connectivity index (χ1n) is 6.36. The Balaban J connectivity index is 2.25. The third kappa shape index (κ3) is 6.41. The number of anilines is 1. The van der Waals surface area contributed by atoms with E-state index in [1.807, 2.05) is 38.1 Å². The lowest BCUT2D eigenvalue weighted by Crippen LogP contribution is -2.05. The number of nitrogens with two attached hydrogens (primary N) is 2. The molecule has 0 unspecified atom stereocenters. The monoisotopic (exact) mass is 262 g/mol. The van der Waals surface area contributed by atoms with Gasteiger partial charge in [-0.05, 0) is 49.8 Å². The van der Waals surface area contributed by atoms with Crippen molar-refractivity contribution < 1.29 is 9.47 Å². The highest BCUT2D eigenvalue weighted by atomic mass is 16.5. The standard InChI is InChI=1S/C15H22N2O2/c1-3-13(16)5-4-12(2)18-10-11-19-15-8-6-14(17)7-9-15/h4-9H,3,10-11,16-17H2,1-2H3/b12-4+,13-5+. The summed E-state index contributed by atoms with van der Waals surface area (Å²) >= 11 is 0. The van der Waals surface area contributed by atoms with E-state index in [9.17, 15) is 0 Å². The Morgan fingerprint density at radius 1 is 1.16 bits per heavy atom. The van der Waals surface area contributed by atoms with Gasteiger partial charge in [-0.1, -0.05) is 6.92 Å². The molecule has 0 bridgehead atoms. The fourth-order valence-electron chi connectivity index (χ4n) is 1.32. The van der Waals surface area contributed by atoms with E-state index >= 15 is 0 Å². The molecule has 1 rings (SSSR count). The number of rotatable bonds is 7. The topological polar surface area (TPSA) is 70.5 Å². The molecule has 104 valence electrons. The molecule has 0 spiro atoms. The molecule has 0 aliphatic rings. The highest BCUT2D eigenvalue weighted by Crippen LogP contribution is 2.12. The lowest BCUT2D eigenvalue weighted by Gasteiger charge is -2.08. The summed E-state index contributed by atoms with van der Waals surface area (Å²) in [7, 11) is 0. The first-order valence-corrected chi connectivity index (χ1v) is 6.36. The molecule has 0 aliphatic carbocycles. The summed E-state index contributed by atoms with van der Waals surface area (Å²) in [6, 6.07) is 7.28. The molecule has 0 fully saturated rings. The Labute approximate surface area is 114 Å². The van der Waals surface area contributed by atoms with E-state index in [0.717, 1.165) is 29.3 Å². The Hall–Kier alpha value is -2.10. The molecule has 0 radical (unpaired) electrons. The number of hydrogen-bond acceptors (Lipinski definition) is 4. The van der Waals surface area contributed by atoms with Gasteiger partial charge in [0.2, 0.25) is 0 Å². The van der Waals surface area contributed by atoms with Crippen LogP contribution in [0.5, 0.6) is 5.75 Å². The molecule has 0 saturated heterocycles. The van der Waals surface area contributed by atoms with Gasteiger partial charge < -0.3 is 20.9 Å². The van der Waals surface area contributed by atoms with Crippen molar-refractivity contribution in [3.05, 3.63) is 47.9 Å². The minimum Gasteiger partial charge on any atom is -0.495 e. The average molecular weight is 262 g/mol. The summed E-state index contributed by atoms with van der Waals surface area (Å²) in [5, 5.41) is 0. The van der Waals surface area contributed by atoms with Gasteiger partial charge >= 0.3 is 0 Å². The van der Waals surface area contributed by atoms with Crippen LogP contribution in [0.4, 0.5) is 5.69 Å². The molecular formula is C15H22N2O2. The van der Waals surface area contributed by atoms with E-state index in [-0.39, 0.29) is 0 Å². The van der Waals surface area contributed by atoms with Crippen molar-refractivity contribution in [2.24, 2.45) is 5.73 Å². The molecule has 0 heterocycles. The van der Waals surface area contributed by atoms with E-state index in [2.05, 4.69) is 0 Å². The smallest absolute Gasteiger partial charge is 0.122 e. The van der Waals surface area contributed by atoms with Crippen molar-refractivity contribution in [3.8, 4) is 5.75 Å². The number of ether oxygens (including phenoxy) is 2. The van der Waals surface area contributed by atoms with Crippen LogP contribution in [-0.2, 0) is 4.74 Å². The molecule has 0 aliphatic heterocycles. The normalized spacial score (nSPS) is 12.3. The number of allylic oxidation sites excluding steroid dienone is 4. The zero-order valence-corrected chi connectivity index (χ0v) is 11.6. The Morgan fingerprint density at radius 2 is 1.84 bits per heavy atom. The maximum atomic E-state index is 5.69. The molecule has 1 aromatic carbocycles. The van der Waals surface area contributed by atoms with E-state index in [4.69, 9.17) is 20.9 Å². The van der Waals surface area contributed by atoms with Crippen LogP contribution in [0.2, 0.25) is 0 Å². The summed E-state index contributed by atoms with van der Waals surface area (Å²) in [6.07, 6.45) is 4.56. The fraction of sp³-hybridized carbons (Fsp3) is 0.333. The van der Waals surface area contributed by atoms with Crippen molar-refractivity contribution in [1.82, 2.24) is 0 Å². The number of benzene rings is 1. The van der Waals surface area contributed by atoms with Gasteiger partial charge in [-0.25, -0.2) is 0 Å². The quantitative estimate of drug-likeness (QED) is 0.343. The van der Waals surface area contributed by atoms with Crippen LogP contribution in [0, 0.1) is 0 Å². The van der Waals surface area contributed by atoms with Crippen LogP contribution in [0.1, 0.15) is 20.3 Å². The maximum Gasteiger partial charge on any atom is 0.122 e. The van der Waals surface area contributed by atoms with Gasteiger partial charge in [0.15, 0.2) is 0 Å². The molecule has 0 amide bonds. The second kappa shape index (κ2) is 8.08. The zero-order valence-electron chi connectivity index (χ0n) is 11.6. The lowest BCUT2D eigenvalue weighted by molar-refractivity contribution is 0.157. The largest absolute Gasteiger partial charge is 0.495 e. The van der Waals surface area contributed by atoms with Gasteiger partial charge in [0.05, 0.1) is 5.76 Å². The van der Waals surface area contributed by atoms with Gasteiger partial charge in [0.1, 0.15) is 19.0 Å². The van der Waals surface area contributed by atoms with Crippen LogP contribution >= 0.6 is 0 Å².